The first-order valence-corrected chi connectivity index (χ1v) is 7.39. The van der Waals surface area contributed by atoms with Crippen molar-refractivity contribution in [2.24, 2.45) is 0 Å². The highest BCUT2D eigenvalue weighted by Gasteiger charge is 2.20. The lowest BCUT2D eigenvalue weighted by Crippen LogP contribution is -2.22. The number of nitrogens with zero attached hydrogens (tertiary/aromatic N) is 6. The maximum Gasteiger partial charge on any atom is 0.171 e. The van der Waals surface area contributed by atoms with E-state index in [2.05, 4.69) is 51.5 Å². The molecular formula is C16H20N6. The number of aromatic nitrogens is 5. The third kappa shape index (κ3) is 2.96. The zero-order valence-corrected chi connectivity index (χ0v) is 13.1. The van der Waals surface area contributed by atoms with E-state index < -0.39 is 0 Å². The highest BCUT2D eigenvalue weighted by atomic mass is 15.6. The molecule has 3 aromatic rings. The highest BCUT2D eigenvalue weighted by Crippen LogP contribution is 2.26. The van der Waals surface area contributed by atoms with Gasteiger partial charge in [0, 0.05) is 18.1 Å². The molecule has 1 atom stereocenters. The van der Waals surface area contributed by atoms with Crippen molar-refractivity contribution in [1.82, 2.24) is 30.1 Å². The number of aryl methyl sites for hydroxylation is 1. The Hall–Kier alpha value is -2.34. The van der Waals surface area contributed by atoms with Crippen LogP contribution in [0.2, 0.25) is 0 Å². The fourth-order valence-electron chi connectivity index (χ4n) is 2.58. The summed E-state index contributed by atoms with van der Waals surface area (Å²) in [5, 5.41) is 14.9. The van der Waals surface area contributed by atoms with Gasteiger partial charge >= 0.3 is 0 Å². The molecule has 3 rings (SSSR count). The van der Waals surface area contributed by atoms with E-state index in [0.29, 0.717) is 5.82 Å². The number of rotatable bonds is 5. The van der Waals surface area contributed by atoms with Crippen LogP contribution in [0.3, 0.4) is 0 Å². The minimum atomic E-state index is -0.0188. The molecule has 2 aromatic heterocycles. The van der Waals surface area contributed by atoms with E-state index in [0.717, 1.165) is 24.0 Å². The predicted molar refractivity (Wildman–Crippen MR) is 85.6 cm³/mol. The zero-order chi connectivity index (χ0) is 15.5. The smallest absolute Gasteiger partial charge is 0.171 e. The molecule has 6 heteroatoms. The van der Waals surface area contributed by atoms with E-state index in [4.69, 9.17) is 0 Å². The van der Waals surface area contributed by atoms with Crippen LogP contribution in [0.1, 0.15) is 24.0 Å². The third-order valence-corrected chi connectivity index (χ3v) is 3.68. The molecule has 1 unspecified atom stereocenters. The molecule has 0 aliphatic heterocycles. The molecule has 0 saturated heterocycles. The number of hydrogen-bond acceptors (Lipinski definition) is 5. The van der Waals surface area contributed by atoms with Crippen LogP contribution in [-0.4, -0.2) is 50.7 Å². The summed E-state index contributed by atoms with van der Waals surface area (Å²) in [6, 6.07) is 10.3. The highest BCUT2D eigenvalue weighted by molar-refractivity contribution is 5.84. The quantitative estimate of drug-likeness (QED) is 0.721. The molecule has 22 heavy (non-hydrogen) atoms. The molecule has 0 saturated carbocycles. The first-order valence-electron chi connectivity index (χ1n) is 7.39. The molecule has 114 valence electrons. The van der Waals surface area contributed by atoms with Gasteiger partial charge in [-0.05, 0) is 44.1 Å². The Bertz CT molecular complexity index is 759. The van der Waals surface area contributed by atoms with Gasteiger partial charge in [0.15, 0.2) is 5.82 Å². The number of fused-ring (bicyclic) bond motifs is 1. The molecule has 0 amide bonds. The first kappa shape index (κ1) is 14.6. The Labute approximate surface area is 129 Å². The molecule has 2 heterocycles. The van der Waals surface area contributed by atoms with Crippen molar-refractivity contribution >= 4 is 10.8 Å². The topological polar surface area (TPSA) is 59.7 Å². The Morgan fingerprint density at radius 2 is 2.00 bits per heavy atom. The van der Waals surface area contributed by atoms with Crippen molar-refractivity contribution in [3.05, 3.63) is 48.0 Å². The molecule has 0 fully saturated rings. The molecule has 0 bridgehead atoms. The van der Waals surface area contributed by atoms with Crippen LogP contribution in [-0.2, 0) is 0 Å². The summed E-state index contributed by atoms with van der Waals surface area (Å²) in [7, 11) is 4.13. The van der Waals surface area contributed by atoms with Gasteiger partial charge in [-0.2, -0.15) is 4.80 Å². The van der Waals surface area contributed by atoms with Gasteiger partial charge in [0.05, 0.1) is 5.69 Å². The largest absolute Gasteiger partial charge is 0.309 e. The number of hydrogen-bond donors (Lipinski definition) is 0. The number of benzene rings is 1. The Morgan fingerprint density at radius 1 is 1.18 bits per heavy atom. The van der Waals surface area contributed by atoms with Gasteiger partial charge in [0.25, 0.3) is 0 Å². The van der Waals surface area contributed by atoms with Gasteiger partial charge in [-0.15, -0.1) is 10.2 Å². The van der Waals surface area contributed by atoms with Gasteiger partial charge in [-0.3, -0.25) is 4.98 Å². The summed E-state index contributed by atoms with van der Waals surface area (Å²) >= 11 is 0. The first-order chi connectivity index (χ1) is 10.6. The Balaban J connectivity index is 2.07. The minimum absolute atomic E-state index is 0.0188. The molecule has 1 aromatic carbocycles. The fourth-order valence-corrected chi connectivity index (χ4v) is 2.58. The summed E-state index contributed by atoms with van der Waals surface area (Å²) < 4.78 is 0. The van der Waals surface area contributed by atoms with Crippen LogP contribution in [0.15, 0.2) is 36.5 Å². The standard InChI is InChI=1S/C16H20N6/c1-12-18-20-22(19-12)15(9-11-21(2)3)16-14-7-5-4-6-13(14)8-10-17-16/h4-8,10,15H,9,11H2,1-3H3. The van der Waals surface area contributed by atoms with Crippen LogP contribution in [0, 0.1) is 6.92 Å². The van der Waals surface area contributed by atoms with Crippen molar-refractivity contribution in [2.75, 3.05) is 20.6 Å². The summed E-state index contributed by atoms with van der Waals surface area (Å²) in [5.41, 5.74) is 0.998. The second-order valence-corrected chi connectivity index (χ2v) is 5.68. The van der Waals surface area contributed by atoms with Gasteiger partial charge in [0.2, 0.25) is 0 Å². The van der Waals surface area contributed by atoms with E-state index in [-0.39, 0.29) is 6.04 Å². The monoisotopic (exact) mass is 296 g/mol. The average Bonchev–Trinajstić information content (AvgIpc) is 2.94. The Kier molecular flexibility index (Phi) is 4.11. The van der Waals surface area contributed by atoms with Crippen molar-refractivity contribution in [3.63, 3.8) is 0 Å². The SMILES string of the molecule is Cc1nnn(C(CCN(C)C)c2nccc3ccccc23)n1. The van der Waals surface area contributed by atoms with Gasteiger partial charge < -0.3 is 4.90 Å². The van der Waals surface area contributed by atoms with Crippen molar-refractivity contribution < 1.29 is 0 Å². The fraction of sp³-hybridized carbons (Fsp3) is 0.375. The summed E-state index contributed by atoms with van der Waals surface area (Å²) in [6.07, 6.45) is 2.73. The molecule has 0 spiro atoms. The van der Waals surface area contributed by atoms with Gasteiger partial charge in [-0.1, -0.05) is 24.3 Å². The van der Waals surface area contributed by atoms with E-state index >= 15 is 0 Å². The lowest BCUT2D eigenvalue weighted by atomic mass is 10.0. The van der Waals surface area contributed by atoms with E-state index in [1.807, 2.05) is 31.3 Å². The molecule has 0 N–H and O–H groups in total. The second kappa shape index (κ2) is 6.19. The zero-order valence-electron chi connectivity index (χ0n) is 13.1. The van der Waals surface area contributed by atoms with Crippen LogP contribution in [0.5, 0.6) is 0 Å². The molecule has 6 nitrogen and oxygen atoms in total. The van der Waals surface area contributed by atoms with Gasteiger partial charge in [0.1, 0.15) is 6.04 Å². The normalized spacial score (nSPS) is 12.9. The second-order valence-electron chi connectivity index (χ2n) is 5.68. The van der Waals surface area contributed by atoms with E-state index in [9.17, 15) is 0 Å². The molecule has 0 aliphatic carbocycles. The van der Waals surface area contributed by atoms with Crippen LogP contribution >= 0.6 is 0 Å². The summed E-state index contributed by atoms with van der Waals surface area (Å²) in [5.74, 6) is 0.676. The predicted octanol–water partition coefficient (Wildman–Crippen LogP) is 2.07. The number of pyridine rings is 1. The third-order valence-electron chi connectivity index (χ3n) is 3.68. The van der Waals surface area contributed by atoms with Crippen molar-refractivity contribution in [3.8, 4) is 0 Å². The maximum absolute atomic E-state index is 4.62. The molecular weight excluding hydrogens is 276 g/mol. The molecule has 0 radical (unpaired) electrons. The molecule has 0 aliphatic rings. The lowest BCUT2D eigenvalue weighted by molar-refractivity contribution is 0.337. The summed E-state index contributed by atoms with van der Waals surface area (Å²) in [6.45, 7) is 2.78. The minimum Gasteiger partial charge on any atom is -0.309 e. The Morgan fingerprint density at radius 3 is 2.73 bits per heavy atom. The number of tetrazole rings is 1. The average molecular weight is 296 g/mol. The van der Waals surface area contributed by atoms with Crippen LogP contribution in [0.25, 0.3) is 10.8 Å². The van der Waals surface area contributed by atoms with Crippen molar-refractivity contribution in [1.29, 1.82) is 0 Å². The maximum atomic E-state index is 4.62. The lowest BCUT2D eigenvalue weighted by Gasteiger charge is -2.19. The van der Waals surface area contributed by atoms with Crippen LogP contribution < -0.4 is 0 Å². The van der Waals surface area contributed by atoms with Gasteiger partial charge in [-0.25, -0.2) is 0 Å². The summed E-state index contributed by atoms with van der Waals surface area (Å²) in [4.78, 5) is 8.47. The van der Waals surface area contributed by atoms with Crippen molar-refractivity contribution in [2.45, 2.75) is 19.4 Å². The van der Waals surface area contributed by atoms with E-state index in [1.54, 1.807) is 4.80 Å². The van der Waals surface area contributed by atoms with E-state index in [1.165, 1.54) is 5.39 Å². The van der Waals surface area contributed by atoms with Crippen LogP contribution in [0.4, 0.5) is 0 Å².